The van der Waals surface area contributed by atoms with Crippen LogP contribution in [0.4, 0.5) is 28.0 Å². The Hall–Kier alpha value is -3.38. The Morgan fingerprint density at radius 3 is 2.61 bits per heavy atom. The third-order valence-electron chi connectivity index (χ3n) is 6.83. The van der Waals surface area contributed by atoms with Gasteiger partial charge in [-0.15, -0.1) is 0 Å². The first-order chi connectivity index (χ1) is 17.2. The molecule has 0 saturated carbocycles. The fourth-order valence-electron chi connectivity index (χ4n) is 4.87. The molecule has 2 aromatic carbocycles. The van der Waals surface area contributed by atoms with Gasteiger partial charge in [0.25, 0.3) is 0 Å². The number of rotatable bonds is 6. The molecule has 1 aliphatic heterocycles. The summed E-state index contributed by atoms with van der Waals surface area (Å²) in [5.41, 5.74) is 1.16. The average Bonchev–Trinajstić information content (AvgIpc) is 3.39. The molecule has 1 unspecified atom stereocenters. The Kier molecular flexibility index (Phi) is 7.94. The summed E-state index contributed by atoms with van der Waals surface area (Å²) in [7, 11) is 0. The number of hydrogen-bond donors (Lipinski definition) is 1. The first-order valence-corrected chi connectivity index (χ1v) is 12.1. The molecule has 0 aromatic heterocycles. The molecule has 0 spiro atoms. The van der Waals surface area contributed by atoms with Gasteiger partial charge in [0.05, 0.1) is 17.2 Å². The largest absolute Gasteiger partial charge is 0.419 e. The number of halogens is 4. The van der Waals surface area contributed by atoms with Crippen LogP contribution in [-0.4, -0.2) is 48.1 Å². The van der Waals surface area contributed by atoms with E-state index in [1.807, 2.05) is 18.2 Å². The van der Waals surface area contributed by atoms with Crippen molar-refractivity contribution in [1.29, 1.82) is 5.26 Å². The molecule has 190 valence electrons. The van der Waals surface area contributed by atoms with Crippen LogP contribution in [0, 0.1) is 17.1 Å². The summed E-state index contributed by atoms with van der Waals surface area (Å²) in [6.07, 6.45) is 1.43. The van der Waals surface area contributed by atoms with Crippen LogP contribution in [0.1, 0.15) is 48.8 Å². The number of alkyl halides is 3. The van der Waals surface area contributed by atoms with Crippen molar-refractivity contribution in [2.24, 2.45) is 0 Å². The second kappa shape index (κ2) is 11.1. The molecule has 5 nitrogen and oxygen atoms in total. The third-order valence-corrected chi connectivity index (χ3v) is 6.83. The molecule has 1 saturated heterocycles. The lowest BCUT2D eigenvalue weighted by molar-refractivity contribution is -0.139. The van der Waals surface area contributed by atoms with Gasteiger partial charge >= 0.3 is 12.2 Å². The molecule has 1 aliphatic carbocycles. The summed E-state index contributed by atoms with van der Waals surface area (Å²) in [4.78, 5) is 17.2. The number of carbonyl (C=O) groups is 1. The van der Waals surface area contributed by atoms with E-state index < -0.39 is 23.6 Å². The van der Waals surface area contributed by atoms with Crippen LogP contribution in [0.5, 0.6) is 0 Å². The quantitative estimate of drug-likeness (QED) is 0.475. The molecular weight excluding hydrogens is 472 g/mol. The van der Waals surface area contributed by atoms with Crippen LogP contribution < -0.4 is 5.32 Å². The van der Waals surface area contributed by atoms with Crippen LogP contribution in [0.25, 0.3) is 5.57 Å². The molecule has 4 rings (SSSR count). The highest BCUT2D eigenvalue weighted by molar-refractivity contribution is 5.89. The van der Waals surface area contributed by atoms with Crippen LogP contribution >= 0.6 is 0 Å². The van der Waals surface area contributed by atoms with E-state index in [4.69, 9.17) is 0 Å². The molecule has 1 heterocycles. The van der Waals surface area contributed by atoms with Gasteiger partial charge < -0.3 is 15.1 Å². The molecule has 0 bridgehead atoms. The predicted octanol–water partition coefficient (Wildman–Crippen LogP) is 6.28. The fraction of sp³-hybridized carbons (Fsp3) is 0.407. The van der Waals surface area contributed by atoms with Gasteiger partial charge in [0.1, 0.15) is 5.82 Å². The molecule has 1 atom stereocenters. The fourth-order valence-corrected chi connectivity index (χ4v) is 4.87. The number of carbonyl (C=O) groups excluding carboxylic acids is 1. The Labute approximate surface area is 208 Å². The van der Waals surface area contributed by atoms with Crippen LogP contribution in [0.15, 0.2) is 48.5 Å². The lowest BCUT2D eigenvalue weighted by Gasteiger charge is -2.35. The number of likely N-dealkylation sites (tertiary alicyclic amines) is 1. The highest BCUT2D eigenvalue weighted by Crippen LogP contribution is 2.34. The van der Waals surface area contributed by atoms with Gasteiger partial charge in [-0.2, -0.15) is 18.4 Å². The van der Waals surface area contributed by atoms with Crippen molar-refractivity contribution in [2.75, 3.05) is 31.5 Å². The van der Waals surface area contributed by atoms with Crippen molar-refractivity contribution in [3.05, 3.63) is 71.0 Å². The zero-order valence-corrected chi connectivity index (χ0v) is 19.8. The van der Waals surface area contributed by atoms with Crippen LogP contribution in [0.3, 0.4) is 0 Å². The molecular formula is C27H28F4N4O. The van der Waals surface area contributed by atoms with Gasteiger partial charge in [-0.05, 0) is 86.7 Å². The Morgan fingerprint density at radius 2 is 1.94 bits per heavy atom. The summed E-state index contributed by atoms with van der Waals surface area (Å²) in [6.45, 7) is 3.05. The van der Waals surface area contributed by atoms with E-state index >= 15 is 0 Å². The topological polar surface area (TPSA) is 59.4 Å². The van der Waals surface area contributed by atoms with E-state index in [9.17, 15) is 27.6 Å². The van der Waals surface area contributed by atoms with Crippen molar-refractivity contribution in [2.45, 2.75) is 44.3 Å². The number of allylic oxidation sites excluding steroid dienone is 1. The normalized spacial score (nSPS) is 18.4. The zero-order chi connectivity index (χ0) is 25.7. The van der Waals surface area contributed by atoms with Crippen molar-refractivity contribution in [1.82, 2.24) is 9.80 Å². The van der Waals surface area contributed by atoms with Gasteiger partial charge in [0, 0.05) is 24.8 Å². The summed E-state index contributed by atoms with van der Waals surface area (Å²) in [5, 5.41) is 11.7. The van der Waals surface area contributed by atoms with Crippen molar-refractivity contribution in [3.63, 3.8) is 0 Å². The minimum Gasteiger partial charge on any atom is -0.320 e. The van der Waals surface area contributed by atoms with E-state index in [0.29, 0.717) is 44.0 Å². The number of nitrogens with zero attached hydrogens (tertiary/aromatic N) is 3. The van der Waals surface area contributed by atoms with Gasteiger partial charge in [-0.25, -0.2) is 9.18 Å². The van der Waals surface area contributed by atoms with Crippen molar-refractivity contribution < 1.29 is 22.4 Å². The number of nitrogens with one attached hydrogen (secondary N) is 1. The maximum atomic E-state index is 13.7. The van der Waals surface area contributed by atoms with Crippen LogP contribution in [-0.2, 0) is 6.18 Å². The summed E-state index contributed by atoms with van der Waals surface area (Å²) in [6, 6.07) is 11.4. The first kappa shape index (κ1) is 25.7. The van der Waals surface area contributed by atoms with Crippen LogP contribution in [0.2, 0.25) is 0 Å². The number of anilines is 1. The second-order valence-corrected chi connectivity index (χ2v) is 9.21. The summed E-state index contributed by atoms with van der Waals surface area (Å²) >= 11 is 0. The third kappa shape index (κ3) is 6.24. The highest BCUT2D eigenvalue weighted by Gasteiger charge is 2.35. The minimum atomic E-state index is -4.85. The average molecular weight is 501 g/mol. The molecule has 2 amide bonds. The number of benzene rings is 2. The maximum Gasteiger partial charge on any atom is 0.419 e. The van der Waals surface area contributed by atoms with E-state index in [1.54, 1.807) is 11.0 Å². The number of nitriles is 1. The van der Waals surface area contributed by atoms with Gasteiger partial charge in [-0.1, -0.05) is 18.2 Å². The summed E-state index contributed by atoms with van der Waals surface area (Å²) < 4.78 is 53.1. The van der Waals surface area contributed by atoms with Gasteiger partial charge in [0.2, 0.25) is 0 Å². The summed E-state index contributed by atoms with van der Waals surface area (Å²) in [5.74, 6) is -1.38. The SMILES string of the molecule is N#Cc1cccc(C2=CCC(N(CCN3CCCC3)C(=O)Nc3ccc(F)c(C(F)(F)F)c3)CC2)c1. The Balaban J connectivity index is 1.50. The minimum absolute atomic E-state index is 0.0970. The van der Waals surface area contributed by atoms with Gasteiger partial charge in [0.15, 0.2) is 0 Å². The van der Waals surface area contributed by atoms with E-state index in [0.717, 1.165) is 49.2 Å². The van der Waals surface area contributed by atoms with E-state index in [1.165, 1.54) is 0 Å². The molecule has 1 N–H and O–H groups in total. The number of hydrogen-bond acceptors (Lipinski definition) is 3. The van der Waals surface area contributed by atoms with E-state index in [2.05, 4.69) is 22.4 Å². The molecule has 1 fully saturated rings. The monoisotopic (exact) mass is 500 g/mol. The number of urea groups is 1. The van der Waals surface area contributed by atoms with Crippen molar-refractivity contribution >= 4 is 17.3 Å². The zero-order valence-electron chi connectivity index (χ0n) is 19.8. The number of amides is 2. The standard InChI is InChI=1S/C27H28F4N4O/c28-25-11-8-22(17-24(25)27(29,30)31)33-26(36)35(15-14-34-12-1-2-13-34)23-9-6-20(7-10-23)21-5-3-4-19(16-21)18-32/h3-6,8,11,16-17,23H,1-2,7,9-10,12-15H2,(H,33,36). The molecule has 0 radical (unpaired) electrons. The predicted molar refractivity (Wildman–Crippen MR) is 130 cm³/mol. The van der Waals surface area contributed by atoms with Crippen molar-refractivity contribution in [3.8, 4) is 6.07 Å². The second-order valence-electron chi connectivity index (χ2n) is 9.21. The lowest BCUT2D eigenvalue weighted by atomic mass is 9.89. The maximum absolute atomic E-state index is 13.7. The smallest absolute Gasteiger partial charge is 0.320 e. The molecule has 9 heteroatoms. The molecule has 2 aliphatic rings. The molecule has 2 aromatic rings. The van der Waals surface area contributed by atoms with E-state index in [-0.39, 0.29) is 11.7 Å². The Morgan fingerprint density at radius 1 is 1.17 bits per heavy atom. The first-order valence-electron chi connectivity index (χ1n) is 12.1. The van der Waals surface area contributed by atoms with Gasteiger partial charge in [-0.3, -0.25) is 0 Å². The highest BCUT2D eigenvalue weighted by atomic mass is 19.4. The lowest BCUT2D eigenvalue weighted by Crippen LogP contribution is -2.47. The molecule has 36 heavy (non-hydrogen) atoms. The Bertz CT molecular complexity index is 1170.